The van der Waals surface area contributed by atoms with Gasteiger partial charge in [0.15, 0.2) is 0 Å². The second kappa shape index (κ2) is 8.72. The highest BCUT2D eigenvalue weighted by Crippen LogP contribution is 2.16. The Bertz CT molecular complexity index is 531. The van der Waals surface area contributed by atoms with E-state index in [0.29, 0.717) is 5.92 Å². The van der Waals surface area contributed by atoms with Crippen molar-refractivity contribution in [1.82, 2.24) is 4.90 Å². The first kappa shape index (κ1) is 16.7. The van der Waals surface area contributed by atoms with E-state index in [9.17, 15) is 0 Å². The Morgan fingerprint density at radius 1 is 0.864 bits per heavy atom. The first-order valence-corrected chi connectivity index (χ1v) is 8.24. The molecule has 0 saturated heterocycles. The zero-order chi connectivity index (χ0) is 15.8. The monoisotopic (exact) mass is 296 g/mol. The van der Waals surface area contributed by atoms with Gasteiger partial charge in [0.2, 0.25) is 0 Å². The van der Waals surface area contributed by atoms with Crippen molar-refractivity contribution in [2.75, 3.05) is 13.1 Å². The quantitative estimate of drug-likeness (QED) is 0.792. The summed E-state index contributed by atoms with van der Waals surface area (Å²) in [5.74, 6) is 0.590. The highest BCUT2D eigenvalue weighted by molar-refractivity contribution is 5.25. The van der Waals surface area contributed by atoms with E-state index in [4.69, 9.17) is 5.73 Å². The summed E-state index contributed by atoms with van der Waals surface area (Å²) in [7, 11) is 0. The predicted molar refractivity (Wildman–Crippen MR) is 94.8 cm³/mol. The van der Waals surface area contributed by atoms with Gasteiger partial charge in [-0.1, -0.05) is 68.4 Å². The lowest BCUT2D eigenvalue weighted by Gasteiger charge is -2.22. The Hall–Kier alpha value is -1.64. The van der Waals surface area contributed by atoms with E-state index >= 15 is 0 Å². The van der Waals surface area contributed by atoms with Crippen LogP contribution < -0.4 is 5.73 Å². The van der Waals surface area contributed by atoms with Crippen LogP contribution in [0, 0.1) is 0 Å². The second-order valence-electron chi connectivity index (χ2n) is 6.23. The fraction of sp³-hybridized carbons (Fsp3) is 0.400. The average molecular weight is 296 g/mol. The molecule has 0 unspecified atom stereocenters. The molecule has 2 aromatic rings. The molecule has 0 radical (unpaired) electrons. The predicted octanol–water partition coefficient (Wildman–Crippen LogP) is 4.16. The Balaban J connectivity index is 2.02. The van der Waals surface area contributed by atoms with Crippen molar-refractivity contribution in [3.8, 4) is 0 Å². The van der Waals surface area contributed by atoms with Crippen LogP contribution in [0.15, 0.2) is 54.6 Å². The van der Waals surface area contributed by atoms with Gasteiger partial charge < -0.3 is 5.73 Å². The van der Waals surface area contributed by atoms with Crippen LogP contribution in [0.25, 0.3) is 0 Å². The largest absolute Gasteiger partial charge is 0.330 e. The molecule has 0 spiro atoms. The highest BCUT2D eigenvalue weighted by Gasteiger charge is 2.07. The Labute approximate surface area is 135 Å². The van der Waals surface area contributed by atoms with Crippen LogP contribution in [0.1, 0.15) is 42.9 Å². The first-order chi connectivity index (χ1) is 10.7. The summed E-state index contributed by atoms with van der Waals surface area (Å²) in [6, 6.07) is 19.7. The van der Waals surface area contributed by atoms with Crippen LogP contribution in [0.5, 0.6) is 0 Å². The zero-order valence-corrected chi connectivity index (χ0v) is 13.8. The van der Waals surface area contributed by atoms with Gasteiger partial charge in [-0.3, -0.25) is 4.90 Å². The third-order valence-electron chi connectivity index (χ3n) is 3.98. The molecule has 0 amide bonds. The van der Waals surface area contributed by atoms with Gasteiger partial charge in [-0.2, -0.15) is 0 Å². The summed E-state index contributed by atoms with van der Waals surface area (Å²) >= 11 is 0. The third-order valence-corrected chi connectivity index (χ3v) is 3.98. The number of nitrogens with two attached hydrogens (primary N) is 1. The van der Waals surface area contributed by atoms with Gasteiger partial charge in [-0.05, 0) is 35.6 Å². The van der Waals surface area contributed by atoms with E-state index in [2.05, 4.69) is 73.3 Å². The van der Waals surface area contributed by atoms with Crippen molar-refractivity contribution in [2.45, 2.75) is 39.3 Å². The summed E-state index contributed by atoms with van der Waals surface area (Å²) in [4.78, 5) is 2.48. The van der Waals surface area contributed by atoms with Crippen molar-refractivity contribution >= 4 is 0 Å². The molecule has 118 valence electrons. The Morgan fingerprint density at radius 2 is 1.45 bits per heavy atom. The topological polar surface area (TPSA) is 29.3 Å². The third kappa shape index (κ3) is 5.28. The molecule has 2 N–H and O–H groups in total. The molecule has 0 aliphatic carbocycles. The van der Waals surface area contributed by atoms with E-state index in [0.717, 1.165) is 32.6 Å². The van der Waals surface area contributed by atoms with Crippen molar-refractivity contribution < 1.29 is 0 Å². The van der Waals surface area contributed by atoms with Gasteiger partial charge in [0.05, 0.1) is 0 Å². The van der Waals surface area contributed by atoms with Crippen LogP contribution in [-0.4, -0.2) is 18.0 Å². The lowest BCUT2D eigenvalue weighted by Crippen LogP contribution is -2.25. The van der Waals surface area contributed by atoms with Gasteiger partial charge in [-0.25, -0.2) is 0 Å². The van der Waals surface area contributed by atoms with Gasteiger partial charge >= 0.3 is 0 Å². The molecule has 22 heavy (non-hydrogen) atoms. The molecule has 0 fully saturated rings. The first-order valence-electron chi connectivity index (χ1n) is 8.24. The summed E-state index contributed by atoms with van der Waals surface area (Å²) in [6.07, 6.45) is 1.04. The molecule has 2 heteroatoms. The number of hydrogen-bond acceptors (Lipinski definition) is 2. The van der Waals surface area contributed by atoms with E-state index in [-0.39, 0.29) is 0 Å². The number of benzene rings is 2. The Morgan fingerprint density at radius 3 is 2.00 bits per heavy atom. The van der Waals surface area contributed by atoms with Gasteiger partial charge in [0, 0.05) is 19.6 Å². The molecule has 0 bridgehead atoms. The molecule has 0 atom stereocenters. The van der Waals surface area contributed by atoms with Crippen molar-refractivity contribution in [1.29, 1.82) is 0 Å². The summed E-state index contributed by atoms with van der Waals surface area (Å²) in [6.45, 7) is 8.21. The Kier molecular flexibility index (Phi) is 6.63. The second-order valence-corrected chi connectivity index (χ2v) is 6.23. The lowest BCUT2D eigenvalue weighted by atomic mass is 10.0. The van der Waals surface area contributed by atoms with E-state index < -0.39 is 0 Å². The van der Waals surface area contributed by atoms with Gasteiger partial charge in [0.25, 0.3) is 0 Å². The smallest absolute Gasteiger partial charge is 0.0237 e. The zero-order valence-electron chi connectivity index (χ0n) is 13.8. The minimum absolute atomic E-state index is 0.590. The van der Waals surface area contributed by atoms with Crippen LogP contribution in [0.4, 0.5) is 0 Å². The normalized spacial score (nSPS) is 11.3. The molecule has 0 heterocycles. The molecule has 2 aromatic carbocycles. The van der Waals surface area contributed by atoms with Crippen molar-refractivity contribution in [2.24, 2.45) is 5.73 Å². The standard InChI is InChI=1S/C20H28N2/c1-17(2)20-11-9-19(10-12-20)16-22(14-6-13-21)15-18-7-4-3-5-8-18/h3-5,7-12,17H,6,13-16,21H2,1-2H3. The fourth-order valence-electron chi connectivity index (χ4n) is 2.64. The SMILES string of the molecule is CC(C)c1ccc(CN(CCCN)Cc2ccccc2)cc1. The van der Waals surface area contributed by atoms with Crippen LogP contribution in [0.3, 0.4) is 0 Å². The van der Waals surface area contributed by atoms with Crippen molar-refractivity contribution in [3.05, 3.63) is 71.3 Å². The number of hydrogen-bond donors (Lipinski definition) is 1. The van der Waals surface area contributed by atoms with Crippen LogP contribution in [-0.2, 0) is 13.1 Å². The van der Waals surface area contributed by atoms with Crippen LogP contribution in [0.2, 0.25) is 0 Å². The van der Waals surface area contributed by atoms with Crippen molar-refractivity contribution in [3.63, 3.8) is 0 Å². The summed E-state index contributed by atoms with van der Waals surface area (Å²) in [5, 5.41) is 0. The summed E-state index contributed by atoms with van der Waals surface area (Å²) < 4.78 is 0. The molecule has 0 saturated carbocycles. The molecular weight excluding hydrogens is 268 g/mol. The van der Waals surface area contributed by atoms with Gasteiger partial charge in [0.1, 0.15) is 0 Å². The average Bonchev–Trinajstić information content (AvgIpc) is 2.54. The maximum Gasteiger partial charge on any atom is 0.0237 e. The maximum atomic E-state index is 5.69. The minimum Gasteiger partial charge on any atom is -0.330 e. The highest BCUT2D eigenvalue weighted by atomic mass is 15.1. The summed E-state index contributed by atoms with van der Waals surface area (Å²) in [5.41, 5.74) is 9.83. The maximum absolute atomic E-state index is 5.69. The number of rotatable bonds is 8. The molecule has 0 aliphatic rings. The number of nitrogens with zero attached hydrogens (tertiary/aromatic N) is 1. The van der Waals surface area contributed by atoms with E-state index in [1.807, 2.05) is 0 Å². The molecular formula is C20H28N2. The van der Waals surface area contributed by atoms with E-state index in [1.165, 1.54) is 16.7 Å². The molecule has 0 aliphatic heterocycles. The van der Waals surface area contributed by atoms with E-state index in [1.54, 1.807) is 0 Å². The molecule has 0 aromatic heterocycles. The minimum atomic E-state index is 0.590. The van der Waals surface area contributed by atoms with Crippen LogP contribution >= 0.6 is 0 Å². The fourth-order valence-corrected chi connectivity index (χ4v) is 2.64. The van der Waals surface area contributed by atoms with Gasteiger partial charge in [-0.15, -0.1) is 0 Å². The molecule has 2 nitrogen and oxygen atoms in total. The lowest BCUT2D eigenvalue weighted by molar-refractivity contribution is 0.255. The molecule has 2 rings (SSSR count).